The van der Waals surface area contributed by atoms with E-state index in [-0.39, 0.29) is 0 Å². The van der Waals surface area contributed by atoms with Gasteiger partial charge in [-0.1, -0.05) is 42.4 Å². The van der Waals surface area contributed by atoms with E-state index in [4.69, 9.17) is 0 Å². The highest BCUT2D eigenvalue weighted by atomic mass is 16.6. The second kappa shape index (κ2) is 4.99. The Morgan fingerprint density at radius 1 is 1.24 bits per heavy atom. The van der Waals surface area contributed by atoms with Crippen LogP contribution in [0.1, 0.15) is 36.7 Å². The molecule has 90 valence electrons. The Labute approximate surface area is 101 Å². The molecule has 0 saturated carbocycles. The summed E-state index contributed by atoms with van der Waals surface area (Å²) < 4.78 is 4.67. The molecule has 0 bridgehead atoms. The van der Waals surface area contributed by atoms with Crippen LogP contribution in [0, 0.1) is 6.92 Å². The Bertz CT molecular complexity index is 491. The molecule has 0 atom stereocenters. The van der Waals surface area contributed by atoms with E-state index in [1.807, 2.05) is 13.0 Å². The second-order valence-electron chi connectivity index (χ2n) is 4.39. The van der Waals surface area contributed by atoms with Crippen LogP contribution in [0.3, 0.4) is 0 Å². The lowest BCUT2D eigenvalue weighted by atomic mass is 10.0. The number of nitrogens with one attached hydrogen (secondary N) is 1. The first-order valence-electron chi connectivity index (χ1n) is 5.79. The van der Waals surface area contributed by atoms with Crippen LogP contribution >= 0.6 is 0 Å². The van der Waals surface area contributed by atoms with Gasteiger partial charge in [-0.05, 0) is 24.5 Å². The van der Waals surface area contributed by atoms with E-state index in [2.05, 4.69) is 52.3 Å². The van der Waals surface area contributed by atoms with Gasteiger partial charge in [-0.25, -0.2) is 4.63 Å². The molecule has 0 saturated heterocycles. The summed E-state index contributed by atoms with van der Waals surface area (Å²) in [7, 11) is 0. The number of anilines is 1. The van der Waals surface area contributed by atoms with Crippen molar-refractivity contribution < 1.29 is 4.63 Å². The van der Waals surface area contributed by atoms with Gasteiger partial charge in [0.15, 0.2) is 0 Å². The second-order valence-corrected chi connectivity index (χ2v) is 4.39. The van der Waals surface area contributed by atoms with Crippen molar-refractivity contribution in [3.8, 4) is 0 Å². The van der Waals surface area contributed by atoms with Crippen LogP contribution in [-0.2, 0) is 6.54 Å². The van der Waals surface area contributed by atoms with Gasteiger partial charge in [-0.2, -0.15) is 0 Å². The number of para-hydroxylation sites is 1. The molecule has 0 aliphatic rings. The summed E-state index contributed by atoms with van der Waals surface area (Å²) in [6, 6.07) is 8.31. The fraction of sp³-hybridized carbons (Fsp3) is 0.385. The molecule has 4 heteroatoms. The minimum absolute atomic E-state index is 0.496. The van der Waals surface area contributed by atoms with Crippen molar-refractivity contribution in [3.05, 3.63) is 41.2 Å². The molecule has 0 spiro atoms. The molecule has 4 nitrogen and oxygen atoms in total. The Hall–Kier alpha value is -1.84. The first kappa shape index (κ1) is 11.6. The van der Waals surface area contributed by atoms with Gasteiger partial charge >= 0.3 is 0 Å². The summed E-state index contributed by atoms with van der Waals surface area (Å²) in [4.78, 5) is 0. The third kappa shape index (κ3) is 2.64. The molecule has 0 fully saturated rings. The van der Waals surface area contributed by atoms with Crippen molar-refractivity contribution in [3.63, 3.8) is 0 Å². The molecule has 1 aromatic heterocycles. The number of nitrogens with zero attached hydrogens (tertiary/aromatic N) is 2. The summed E-state index contributed by atoms with van der Waals surface area (Å²) in [5.74, 6) is 0.496. The molecule has 0 aliphatic carbocycles. The number of hydrogen-bond donors (Lipinski definition) is 1. The van der Waals surface area contributed by atoms with E-state index in [1.165, 1.54) is 5.56 Å². The summed E-state index contributed by atoms with van der Waals surface area (Å²) in [6.45, 7) is 6.90. The number of hydrogen-bond acceptors (Lipinski definition) is 4. The maximum Gasteiger partial charge on any atom is 0.127 e. The summed E-state index contributed by atoms with van der Waals surface area (Å²) in [5, 5.41) is 11.0. The smallest absolute Gasteiger partial charge is 0.127 e. The predicted octanol–water partition coefficient (Wildman–Crippen LogP) is 3.11. The van der Waals surface area contributed by atoms with Crippen LogP contribution in [0.15, 0.2) is 28.9 Å². The quantitative estimate of drug-likeness (QED) is 0.878. The van der Waals surface area contributed by atoms with Crippen LogP contribution in [0.2, 0.25) is 0 Å². The summed E-state index contributed by atoms with van der Waals surface area (Å²) in [6.07, 6.45) is 0. The van der Waals surface area contributed by atoms with Crippen LogP contribution in [0.25, 0.3) is 0 Å². The van der Waals surface area contributed by atoms with Crippen molar-refractivity contribution in [2.24, 2.45) is 0 Å². The van der Waals surface area contributed by atoms with Gasteiger partial charge in [0.25, 0.3) is 0 Å². The number of aromatic nitrogens is 2. The van der Waals surface area contributed by atoms with Crippen molar-refractivity contribution in [1.29, 1.82) is 0 Å². The highest BCUT2D eigenvalue weighted by Gasteiger charge is 2.08. The van der Waals surface area contributed by atoms with Gasteiger partial charge in [0.2, 0.25) is 0 Å². The molecule has 0 amide bonds. The number of benzene rings is 1. The van der Waals surface area contributed by atoms with E-state index < -0.39 is 0 Å². The monoisotopic (exact) mass is 231 g/mol. The van der Waals surface area contributed by atoms with Crippen LogP contribution in [-0.4, -0.2) is 10.3 Å². The van der Waals surface area contributed by atoms with E-state index in [0.29, 0.717) is 12.5 Å². The largest absolute Gasteiger partial charge is 0.379 e. The lowest BCUT2D eigenvalue weighted by molar-refractivity contribution is 0.301. The molecular weight excluding hydrogens is 214 g/mol. The molecule has 0 aliphatic heterocycles. The van der Waals surface area contributed by atoms with Crippen molar-refractivity contribution in [2.75, 3.05) is 5.32 Å². The van der Waals surface area contributed by atoms with Crippen molar-refractivity contribution in [1.82, 2.24) is 10.3 Å². The zero-order valence-electron chi connectivity index (χ0n) is 10.4. The topological polar surface area (TPSA) is 51.0 Å². The minimum atomic E-state index is 0.496. The lowest BCUT2D eigenvalue weighted by Crippen LogP contribution is -2.04. The lowest BCUT2D eigenvalue weighted by Gasteiger charge is -2.13. The zero-order valence-corrected chi connectivity index (χ0v) is 10.4. The Balaban J connectivity index is 2.11. The van der Waals surface area contributed by atoms with E-state index in [1.54, 1.807) is 0 Å². The van der Waals surface area contributed by atoms with Crippen LogP contribution in [0.5, 0.6) is 0 Å². The van der Waals surface area contributed by atoms with Gasteiger partial charge in [0.1, 0.15) is 11.4 Å². The SMILES string of the molecule is Cc1nonc1CNc1ccccc1C(C)C. The average molecular weight is 231 g/mol. The standard InChI is InChI=1S/C13H17N3O/c1-9(2)11-6-4-5-7-12(11)14-8-13-10(3)15-17-16-13/h4-7,9,14H,8H2,1-3H3. The predicted molar refractivity (Wildman–Crippen MR) is 66.9 cm³/mol. The molecular formula is C13H17N3O. The van der Waals surface area contributed by atoms with Gasteiger partial charge in [0, 0.05) is 5.69 Å². The summed E-state index contributed by atoms with van der Waals surface area (Å²) in [5.41, 5.74) is 4.13. The van der Waals surface area contributed by atoms with Crippen molar-refractivity contribution in [2.45, 2.75) is 33.2 Å². The van der Waals surface area contributed by atoms with Gasteiger partial charge in [0.05, 0.1) is 6.54 Å². The summed E-state index contributed by atoms with van der Waals surface area (Å²) >= 11 is 0. The van der Waals surface area contributed by atoms with E-state index >= 15 is 0 Å². The minimum Gasteiger partial charge on any atom is -0.379 e. The van der Waals surface area contributed by atoms with E-state index in [0.717, 1.165) is 17.1 Å². The van der Waals surface area contributed by atoms with Crippen LogP contribution < -0.4 is 5.32 Å². The Kier molecular flexibility index (Phi) is 3.42. The number of rotatable bonds is 4. The molecule has 2 aromatic rings. The molecule has 0 unspecified atom stereocenters. The Morgan fingerprint density at radius 2 is 2.00 bits per heavy atom. The maximum atomic E-state index is 4.67. The molecule has 1 heterocycles. The normalized spacial score (nSPS) is 10.8. The average Bonchev–Trinajstić information content (AvgIpc) is 2.72. The Morgan fingerprint density at radius 3 is 2.65 bits per heavy atom. The first-order chi connectivity index (χ1) is 8.18. The third-order valence-electron chi connectivity index (χ3n) is 2.78. The maximum absolute atomic E-state index is 4.67. The number of aryl methyl sites for hydroxylation is 1. The highest BCUT2D eigenvalue weighted by molar-refractivity contribution is 5.52. The molecule has 2 rings (SSSR count). The van der Waals surface area contributed by atoms with Gasteiger partial charge in [-0.15, -0.1) is 0 Å². The fourth-order valence-corrected chi connectivity index (χ4v) is 1.75. The fourth-order valence-electron chi connectivity index (χ4n) is 1.75. The molecule has 17 heavy (non-hydrogen) atoms. The van der Waals surface area contributed by atoms with Gasteiger partial charge < -0.3 is 5.32 Å². The highest BCUT2D eigenvalue weighted by Crippen LogP contribution is 2.24. The van der Waals surface area contributed by atoms with Crippen molar-refractivity contribution >= 4 is 5.69 Å². The van der Waals surface area contributed by atoms with E-state index in [9.17, 15) is 0 Å². The molecule has 1 aromatic carbocycles. The first-order valence-corrected chi connectivity index (χ1v) is 5.79. The van der Waals surface area contributed by atoms with Crippen LogP contribution in [0.4, 0.5) is 5.69 Å². The third-order valence-corrected chi connectivity index (χ3v) is 2.78. The van der Waals surface area contributed by atoms with Gasteiger partial charge in [-0.3, -0.25) is 0 Å². The zero-order chi connectivity index (χ0) is 12.3. The molecule has 0 radical (unpaired) electrons. The molecule has 1 N–H and O–H groups in total.